The second-order valence-corrected chi connectivity index (χ2v) is 8.56. The topological polar surface area (TPSA) is 113 Å². The summed E-state index contributed by atoms with van der Waals surface area (Å²) in [7, 11) is 0. The average Bonchev–Trinajstić information content (AvgIpc) is 3.31. The van der Waals surface area contributed by atoms with Crippen LogP contribution in [0.5, 0.6) is 5.75 Å². The molecule has 2 aliphatic heterocycles. The fourth-order valence-corrected chi connectivity index (χ4v) is 4.53. The first-order valence-electron chi connectivity index (χ1n) is 9.98. The van der Waals surface area contributed by atoms with Gasteiger partial charge in [0.05, 0.1) is 16.3 Å². The van der Waals surface area contributed by atoms with Crippen LogP contribution < -0.4 is 9.96 Å². The van der Waals surface area contributed by atoms with Crippen molar-refractivity contribution >= 4 is 44.8 Å². The third-order valence-electron chi connectivity index (χ3n) is 5.75. The van der Waals surface area contributed by atoms with Crippen LogP contribution in [-0.4, -0.2) is 27.9 Å². The number of nitro groups is 1. The molecule has 0 aliphatic carbocycles. The molecule has 2 saturated heterocycles. The number of hydrogen-bond acceptors (Lipinski definition) is 7. The van der Waals surface area contributed by atoms with Crippen molar-refractivity contribution in [3.63, 3.8) is 0 Å². The van der Waals surface area contributed by atoms with Crippen LogP contribution in [0.1, 0.15) is 11.6 Å². The molecule has 10 heteroatoms. The second-order valence-electron chi connectivity index (χ2n) is 7.65. The van der Waals surface area contributed by atoms with Crippen LogP contribution >= 0.6 is 15.9 Å². The van der Waals surface area contributed by atoms with Crippen molar-refractivity contribution in [1.29, 1.82) is 0 Å². The SMILES string of the molecule is O=C1C2ON(c3ccccc3)C(c3cc([N+](=O)[O-])ccc3O)C2C(=O)N1c1ccc(Br)cc1. The Morgan fingerprint density at radius 2 is 1.64 bits per heavy atom. The molecule has 0 saturated carbocycles. The number of halogens is 1. The number of para-hydroxylation sites is 1. The zero-order chi connectivity index (χ0) is 23.3. The number of phenolic OH excluding ortho intramolecular Hbond substituents is 1. The summed E-state index contributed by atoms with van der Waals surface area (Å²) < 4.78 is 0.788. The van der Waals surface area contributed by atoms with Gasteiger partial charge < -0.3 is 5.11 Å². The molecule has 0 spiro atoms. The lowest BCUT2D eigenvalue weighted by atomic mass is 9.89. The first-order chi connectivity index (χ1) is 15.9. The van der Waals surface area contributed by atoms with Gasteiger partial charge in [0.15, 0.2) is 6.10 Å². The Hall–Kier alpha value is -3.76. The molecule has 2 fully saturated rings. The van der Waals surface area contributed by atoms with Crippen molar-refractivity contribution in [2.75, 3.05) is 9.96 Å². The highest BCUT2D eigenvalue weighted by molar-refractivity contribution is 9.10. The molecule has 3 aromatic rings. The number of phenols is 1. The third-order valence-corrected chi connectivity index (χ3v) is 6.28. The Bertz CT molecular complexity index is 1270. The molecule has 2 heterocycles. The largest absolute Gasteiger partial charge is 0.508 e. The molecule has 3 unspecified atom stereocenters. The van der Waals surface area contributed by atoms with Crippen LogP contribution in [0.4, 0.5) is 17.1 Å². The van der Waals surface area contributed by atoms with Crippen molar-refractivity contribution in [2.45, 2.75) is 12.1 Å². The lowest BCUT2D eigenvalue weighted by Gasteiger charge is -2.29. The van der Waals surface area contributed by atoms with Gasteiger partial charge in [-0.2, -0.15) is 0 Å². The maximum Gasteiger partial charge on any atom is 0.270 e. The van der Waals surface area contributed by atoms with E-state index < -0.39 is 34.8 Å². The molecule has 5 rings (SSSR count). The molecular weight excluding hydrogens is 494 g/mol. The molecule has 0 radical (unpaired) electrons. The fraction of sp³-hybridized carbons (Fsp3) is 0.130. The molecule has 3 atom stereocenters. The van der Waals surface area contributed by atoms with E-state index in [1.54, 1.807) is 54.6 Å². The van der Waals surface area contributed by atoms with E-state index in [1.807, 2.05) is 0 Å². The smallest absolute Gasteiger partial charge is 0.270 e. The van der Waals surface area contributed by atoms with Crippen LogP contribution in [-0.2, 0) is 14.4 Å². The van der Waals surface area contributed by atoms with Crippen molar-refractivity contribution < 1.29 is 24.5 Å². The zero-order valence-corrected chi connectivity index (χ0v) is 18.5. The number of non-ortho nitro benzene ring substituents is 1. The lowest BCUT2D eigenvalue weighted by molar-refractivity contribution is -0.385. The first kappa shape index (κ1) is 21.1. The maximum atomic E-state index is 13.5. The monoisotopic (exact) mass is 509 g/mol. The molecular formula is C23H16BrN3O6. The number of fused-ring (bicyclic) bond motifs is 1. The van der Waals surface area contributed by atoms with E-state index in [0.29, 0.717) is 11.4 Å². The summed E-state index contributed by atoms with van der Waals surface area (Å²) in [5.74, 6) is -2.31. The number of rotatable bonds is 4. The van der Waals surface area contributed by atoms with Crippen molar-refractivity contribution in [3.8, 4) is 5.75 Å². The summed E-state index contributed by atoms with van der Waals surface area (Å²) in [6, 6.07) is 18.1. The molecule has 3 aromatic carbocycles. The Kier molecular flexibility index (Phi) is 5.10. The molecule has 9 nitrogen and oxygen atoms in total. The number of aromatic hydroxyl groups is 1. The van der Waals surface area contributed by atoms with E-state index in [0.717, 1.165) is 9.37 Å². The van der Waals surface area contributed by atoms with Crippen LogP contribution in [0, 0.1) is 16.0 Å². The summed E-state index contributed by atoms with van der Waals surface area (Å²) in [6.45, 7) is 0. The molecule has 0 bridgehead atoms. The van der Waals surface area contributed by atoms with Gasteiger partial charge in [0, 0.05) is 22.2 Å². The average molecular weight is 510 g/mol. The summed E-state index contributed by atoms with van der Waals surface area (Å²) in [6.07, 6.45) is -1.15. The number of hydrogen-bond donors (Lipinski definition) is 1. The van der Waals surface area contributed by atoms with E-state index in [2.05, 4.69) is 15.9 Å². The van der Waals surface area contributed by atoms with Gasteiger partial charge in [-0.3, -0.25) is 24.5 Å². The van der Waals surface area contributed by atoms with Crippen LogP contribution in [0.15, 0.2) is 77.3 Å². The number of carbonyl (C=O) groups is 2. The lowest BCUT2D eigenvalue weighted by Crippen LogP contribution is -2.37. The predicted octanol–water partition coefficient (Wildman–Crippen LogP) is 4.11. The number of carbonyl (C=O) groups excluding carboxylic acids is 2. The number of imide groups is 1. The number of benzene rings is 3. The Labute approximate surface area is 196 Å². The number of nitro benzene ring substituents is 1. The molecule has 1 N–H and O–H groups in total. The number of amides is 2. The van der Waals surface area contributed by atoms with Gasteiger partial charge in [-0.15, -0.1) is 0 Å². The maximum absolute atomic E-state index is 13.5. The number of anilines is 2. The highest BCUT2D eigenvalue weighted by Gasteiger charge is 2.60. The van der Waals surface area contributed by atoms with Crippen molar-refractivity contribution in [2.24, 2.45) is 5.92 Å². The molecule has 2 amide bonds. The van der Waals surface area contributed by atoms with Crippen LogP contribution in [0.2, 0.25) is 0 Å². The van der Waals surface area contributed by atoms with E-state index in [1.165, 1.54) is 23.3 Å². The third kappa shape index (κ3) is 3.43. The Morgan fingerprint density at radius 1 is 0.939 bits per heavy atom. The highest BCUT2D eigenvalue weighted by atomic mass is 79.9. The van der Waals surface area contributed by atoms with Gasteiger partial charge in [-0.1, -0.05) is 34.1 Å². The molecule has 166 valence electrons. The van der Waals surface area contributed by atoms with Gasteiger partial charge >= 0.3 is 0 Å². The minimum absolute atomic E-state index is 0.124. The van der Waals surface area contributed by atoms with Gasteiger partial charge in [0.1, 0.15) is 17.7 Å². The summed E-state index contributed by atoms with van der Waals surface area (Å²) in [5, 5.41) is 23.4. The zero-order valence-electron chi connectivity index (χ0n) is 16.9. The van der Waals surface area contributed by atoms with E-state index in [4.69, 9.17) is 4.84 Å². The van der Waals surface area contributed by atoms with Gasteiger partial charge in [0.25, 0.3) is 11.6 Å². The van der Waals surface area contributed by atoms with Gasteiger partial charge in [-0.25, -0.2) is 9.96 Å². The minimum atomic E-state index is -1.15. The van der Waals surface area contributed by atoms with Gasteiger partial charge in [0.2, 0.25) is 5.91 Å². The fourth-order valence-electron chi connectivity index (χ4n) is 4.27. The first-order valence-corrected chi connectivity index (χ1v) is 10.8. The normalized spacial score (nSPS) is 22.0. The predicted molar refractivity (Wildman–Crippen MR) is 121 cm³/mol. The van der Waals surface area contributed by atoms with Crippen molar-refractivity contribution in [1.82, 2.24) is 0 Å². The van der Waals surface area contributed by atoms with Gasteiger partial charge in [-0.05, 0) is 42.5 Å². The highest BCUT2D eigenvalue weighted by Crippen LogP contribution is 2.49. The summed E-state index contributed by atoms with van der Waals surface area (Å²) in [4.78, 5) is 44.7. The number of nitrogens with zero attached hydrogens (tertiary/aromatic N) is 3. The molecule has 2 aliphatic rings. The Balaban J connectivity index is 1.63. The Morgan fingerprint density at radius 3 is 2.30 bits per heavy atom. The van der Waals surface area contributed by atoms with Crippen LogP contribution in [0.3, 0.4) is 0 Å². The van der Waals surface area contributed by atoms with Crippen molar-refractivity contribution in [3.05, 3.63) is 92.9 Å². The van der Waals surface area contributed by atoms with Crippen LogP contribution in [0.25, 0.3) is 0 Å². The second kappa shape index (κ2) is 7.98. The standard InChI is InChI=1S/C23H16BrN3O6/c24-13-6-8-14(9-7-13)25-22(29)19-20(17-12-16(27(31)32)10-11-18(17)28)26(33-21(19)23(25)30)15-4-2-1-3-5-15/h1-12,19-21,28H. The quantitative estimate of drug-likeness (QED) is 0.319. The molecule has 33 heavy (non-hydrogen) atoms. The van der Waals surface area contributed by atoms with E-state index in [9.17, 15) is 24.8 Å². The minimum Gasteiger partial charge on any atom is -0.508 e. The van der Waals surface area contributed by atoms with E-state index >= 15 is 0 Å². The molecule has 0 aromatic heterocycles. The summed E-state index contributed by atoms with van der Waals surface area (Å²) >= 11 is 3.33. The summed E-state index contributed by atoms with van der Waals surface area (Å²) in [5.41, 5.74) is 0.804. The van der Waals surface area contributed by atoms with E-state index in [-0.39, 0.29) is 17.0 Å². The number of hydroxylamine groups is 1.